The first-order valence-electron chi connectivity index (χ1n) is 9.68. The molecule has 3 nitrogen and oxygen atoms in total. The van der Waals surface area contributed by atoms with E-state index < -0.39 is 11.2 Å². The van der Waals surface area contributed by atoms with E-state index in [9.17, 15) is 10.2 Å². The fraction of sp³-hybridized carbons (Fsp3) is 1.00. The third kappa shape index (κ3) is 3.34. The lowest BCUT2D eigenvalue weighted by atomic mass is 9.44. The highest BCUT2D eigenvalue weighted by Crippen LogP contribution is 2.65. The molecule has 134 valence electrons. The molecular weight excluding hydrogens is 288 g/mol. The Morgan fingerprint density at radius 3 is 2.13 bits per heavy atom. The maximum atomic E-state index is 10.8. The lowest BCUT2D eigenvalue weighted by Gasteiger charge is -2.65. The molecule has 3 unspecified atom stereocenters. The summed E-state index contributed by atoms with van der Waals surface area (Å²) in [5.74, 6) is 1.44. The van der Waals surface area contributed by atoms with E-state index in [1.807, 2.05) is 20.8 Å². The third-order valence-electron chi connectivity index (χ3n) is 7.14. The van der Waals surface area contributed by atoms with Gasteiger partial charge in [0.15, 0.2) is 0 Å². The van der Waals surface area contributed by atoms with Crippen LogP contribution in [0.2, 0.25) is 0 Å². The molecule has 0 aliphatic heterocycles. The Morgan fingerprint density at radius 1 is 1.00 bits per heavy atom. The lowest BCUT2D eigenvalue weighted by Crippen LogP contribution is -2.63. The average Bonchev–Trinajstić information content (AvgIpc) is 2.34. The van der Waals surface area contributed by atoms with E-state index in [-0.39, 0.29) is 11.0 Å². The van der Waals surface area contributed by atoms with Crippen molar-refractivity contribution in [2.45, 2.75) is 102 Å². The minimum absolute atomic E-state index is 0.0353. The van der Waals surface area contributed by atoms with Gasteiger partial charge >= 0.3 is 0 Å². The van der Waals surface area contributed by atoms with Gasteiger partial charge in [0.25, 0.3) is 0 Å². The Kier molecular flexibility index (Phi) is 4.39. The summed E-state index contributed by atoms with van der Waals surface area (Å²) < 4.78 is 6.47. The van der Waals surface area contributed by atoms with E-state index in [1.54, 1.807) is 0 Å². The van der Waals surface area contributed by atoms with E-state index in [0.717, 1.165) is 43.9 Å². The van der Waals surface area contributed by atoms with Gasteiger partial charge in [-0.1, -0.05) is 13.3 Å². The van der Waals surface area contributed by atoms with Crippen molar-refractivity contribution < 1.29 is 14.9 Å². The summed E-state index contributed by atoms with van der Waals surface area (Å²) >= 11 is 0. The van der Waals surface area contributed by atoms with Crippen molar-refractivity contribution in [2.75, 3.05) is 6.61 Å². The highest BCUT2D eigenvalue weighted by Gasteiger charge is 2.62. The number of rotatable bonds is 7. The molecule has 0 saturated heterocycles. The van der Waals surface area contributed by atoms with Crippen LogP contribution in [0, 0.1) is 17.3 Å². The second-order valence-electron chi connectivity index (χ2n) is 9.83. The normalized spacial score (nSPS) is 42.0. The van der Waals surface area contributed by atoms with Crippen molar-refractivity contribution in [3.05, 3.63) is 0 Å². The fourth-order valence-electron chi connectivity index (χ4n) is 6.21. The quantitative estimate of drug-likeness (QED) is 0.742. The van der Waals surface area contributed by atoms with Crippen LogP contribution in [0.25, 0.3) is 0 Å². The van der Waals surface area contributed by atoms with E-state index in [1.165, 1.54) is 19.3 Å². The van der Waals surface area contributed by atoms with Crippen LogP contribution in [-0.4, -0.2) is 33.6 Å². The van der Waals surface area contributed by atoms with Crippen LogP contribution < -0.4 is 0 Å². The summed E-state index contributed by atoms with van der Waals surface area (Å²) in [6.45, 7) is 8.69. The van der Waals surface area contributed by atoms with Crippen molar-refractivity contribution >= 4 is 0 Å². The molecule has 23 heavy (non-hydrogen) atoms. The molecule has 4 saturated carbocycles. The van der Waals surface area contributed by atoms with Crippen LogP contribution in [0.15, 0.2) is 0 Å². The summed E-state index contributed by atoms with van der Waals surface area (Å²) in [5.41, 5.74) is -1.21. The Hall–Kier alpha value is -0.120. The van der Waals surface area contributed by atoms with Gasteiger partial charge in [0.2, 0.25) is 0 Å². The Balaban J connectivity index is 1.68. The third-order valence-corrected chi connectivity index (χ3v) is 7.14. The second-order valence-corrected chi connectivity index (χ2v) is 9.83. The summed E-state index contributed by atoms with van der Waals surface area (Å²) in [4.78, 5) is 0. The van der Waals surface area contributed by atoms with Gasteiger partial charge in [-0.2, -0.15) is 0 Å². The van der Waals surface area contributed by atoms with Gasteiger partial charge in [-0.15, -0.1) is 0 Å². The Labute approximate surface area is 141 Å². The van der Waals surface area contributed by atoms with Gasteiger partial charge in [-0.05, 0) is 84.0 Å². The maximum Gasteiger partial charge on any atom is 0.0694 e. The Morgan fingerprint density at radius 2 is 1.61 bits per heavy atom. The standard InChI is InChI=1S/C20H36O3/c1-5-6-18(4,22)7-8-23-20-12-15-9-16(13-20)11-19(10-15,14-20)17(2,3)21/h15-16,21-22H,5-14H2,1-4H3. The van der Waals surface area contributed by atoms with Gasteiger partial charge in [0.1, 0.15) is 0 Å². The molecule has 0 amide bonds. The van der Waals surface area contributed by atoms with E-state index >= 15 is 0 Å². The Bertz CT molecular complexity index is 421. The van der Waals surface area contributed by atoms with Crippen LogP contribution in [-0.2, 0) is 4.74 Å². The zero-order valence-electron chi connectivity index (χ0n) is 15.5. The molecule has 0 aromatic rings. The predicted octanol–water partition coefficient (Wildman–Crippen LogP) is 4.05. The first-order chi connectivity index (χ1) is 10.6. The van der Waals surface area contributed by atoms with E-state index in [4.69, 9.17) is 4.74 Å². The van der Waals surface area contributed by atoms with E-state index in [0.29, 0.717) is 13.0 Å². The predicted molar refractivity (Wildman–Crippen MR) is 92.2 cm³/mol. The van der Waals surface area contributed by atoms with Gasteiger partial charge in [0.05, 0.1) is 23.4 Å². The fourth-order valence-corrected chi connectivity index (χ4v) is 6.21. The molecule has 4 rings (SSSR count). The zero-order chi connectivity index (χ0) is 16.9. The summed E-state index contributed by atoms with van der Waals surface area (Å²) in [7, 11) is 0. The van der Waals surface area contributed by atoms with Crippen molar-refractivity contribution in [1.29, 1.82) is 0 Å². The maximum absolute atomic E-state index is 10.8. The average molecular weight is 325 g/mol. The zero-order valence-corrected chi connectivity index (χ0v) is 15.5. The number of aliphatic hydroxyl groups is 2. The van der Waals surface area contributed by atoms with Crippen molar-refractivity contribution in [2.24, 2.45) is 17.3 Å². The highest BCUT2D eigenvalue weighted by molar-refractivity contribution is 5.13. The molecular formula is C20H36O3. The molecule has 0 radical (unpaired) electrons. The van der Waals surface area contributed by atoms with Gasteiger partial charge in [-0.3, -0.25) is 0 Å². The van der Waals surface area contributed by atoms with Gasteiger partial charge in [0, 0.05) is 5.41 Å². The van der Waals surface area contributed by atoms with Crippen LogP contribution in [0.5, 0.6) is 0 Å². The first kappa shape index (κ1) is 17.7. The van der Waals surface area contributed by atoms with Crippen LogP contribution in [0.4, 0.5) is 0 Å². The molecule has 4 aliphatic carbocycles. The second kappa shape index (κ2) is 5.71. The minimum Gasteiger partial charge on any atom is -0.390 e. The largest absolute Gasteiger partial charge is 0.390 e. The molecule has 4 fully saturated rings. The van der Waals surface area contributed by atoms with Crippen molar-refractivity contribution in [1.82, 2.24) is 0 Å². The lowest BCUT2D eigenvalue weighted by molar-refractivity contribution is -0.239. The topological polar surface area (TPSA) is 49.7 Å². The highest BCUT2D eigenvalue weighted by atomic mass is 16.5. The first-order valence-corrected chi connectivity index (χ1v) is 9.68. The monoisotopic (exact) mass is 324 g/mol. The van der Waals surface area contributed by atoms with Gasteiger partial charge < -0.3 is 14.9 Å². The summed E-state index contributed by atoms with van der Waals surface area (Å²) in [6, 6.07) is 0. The van der Waals surface area contributed by atoms with Crippen LogP contribution in [0.1, 0.15) is 85.5 Å². The number of hydrogen-bond acceptors (Lipinski definition) is 3. The number of ether oxygens (including phenoxy) is 1. The number of hydrogen-bond donors (Lipinski definition) is 2. The van der Waals surface area contributed by atoms with Gasteiger partial charge in [-0.25, -0.2) is 0 Å². The smallest absolute Gasteiger partial charge is 0.0694 e. The van der Waals surface area contributed by atoms with Crippen molar-refractivity contribution in [3.63, 3.8) is 0 Å². The molecule has 3 atom stereocenters. The molecule has 4 bridgehead atoms. The molecule has 0 heterocycles. The van der Waals surface area contributed by atoms with Crippen LogP contribution in [0.3, 0.4) is 0 Å². The molecule has 3 heteroatoms. The SMILES string of the molecule is CCCC(C)(O)CCOC12CC3CC(C1)CC(C(C)(C)O)(C3)C2. The molecule has 4 aliphatic rings. The molecule has 0 aromatic heterocycles. The minimum atomic E-state index is -0.618. The summed E-state index contributed by atoms with van der Waals surface area (Å²) in [5, 5.41) is 21.2. The molecule has 0 aromatic carbocycles. The van der Waals surface area contributed by atoms with E-state index in [2.05, 4.69) is 6.92 Å². The van der Waals surface area contributed by atoms with Crippen LogP contribution >= 0.6 is 0 Å². The molecule has 0 spiro atoms. The molecule has 2 N–H and O–H groups in total. The van der Waals surface area contributed by atoms with Crippen molar-refractivity contribution in [3.8, 4) is 0 Å². The summed E-state index contributed by atoms with van der Waals surface area (Å²) in [6.07, 6.45) is 9.56.